The Labute approximate surface area is 142 Å². The molecule has 0 radical (unpaired) electrons. The maximum Gasteiger partial charge on any atom is 0.157 e. The molecule has 4 heteroatoms. The van der Waals surface area contributed by atoms with E-state index in [2.05, 4.69) is 59.6 Å². The summed E-state index contributed by atoms with van der Waals surface area (Å²) >= 11 is 0. The zero-order valence-corrected chi connectivity index (χ0v) is 14.4. The number of rotatable bonds is 6. The maximum absolute atomic E-state index is 4.67. The van der Waals surface area contributed by atoms with Crippen LogP contribution in [0.3, 0.4) is 0 Å². The van der Waals surface area contributed by atoms with Gasteiger partial charge in [-0.15, -0.1) is 0 Å². The van der Waals surface area contributed by atoms with E-state index in [9.17, 15) is 0 Å². The Morgan fingerprint density at radius 1 is 1.17 bits per heavy atom. The van der Waals surface area contributed by atoms with Gasteiger partial charge in [0.05, 0.1) is 5.69 Å². The minimum Gasteiger partial charge on any atom is -0.370 e. The molecule has 0 aliphatic heterocycles. The van der Waals surface area contributed by atoms with Crippen molar-refractivity contribution in [1.82, 2.24) is 14.6 Å². The molecule has 4 nitrogen and oxygen atoms in total. The quantitative estimate of drug-likeness (QED) is 0.731. The lowest BCUT2D eigenvalue weighted by Crippen LogP contribution is -2.05. The molecule has 0 spiro atoms. The summed E-state index contributed by atoms with van der Waals surface area (Å²) in [5, 5.41) is 8.07. The van der Waals surface area contributed by atoms with E-state index in [0.717, 1.165) is 41.6 Å². The molecule has 24 heavy (non-hydrogen) atoms. The van der Waals surface area contributed by atoms with E-state index < -0.39 is 0 Å². The Morgan fingerprint density at radius 3 is 2.67 bits per heavy atom. The van der Waals surface area contributed by atoms with Crippen molar-refractivity contribution in [3.05, 3.63) is 48.2 Å². The van der Waals surface area contributed by atoms with Crippen molar-refractivity contribution in [2.45, 2.75) is 33.1 Å². The normalized spacial score (nSPS) is 14.5. The zero-order chi connectivity index (χ0) is 16.5. The molecule has 1 aliphatic rings. The number of nitrogens with zero attached hydrogens (tertiary/aromatic N) is 3. The van der Waals surface area contributed by atoms with Crippen molar-refractivity contribution < 1.29 is 0 Å². The summed E-state index contributed by atoms with van der Waals surface area (Å²) in [6.45, 7) is 5.52. The van der Waals surface area contributed by atoms with Gasteiger partial charge >= 0.3 is 0 Å². The zero-order valence-electron chi connectivity index (χ0n) is 14.4. The molecule has 2 heterocycles. The van der Waals surface area contributed by atoms with E-state index in [1.165, 1.54) is 18.4 Å². The van der Waals surface area contributed by atoms with Crippen LogP contribution in [0.15, 0.2) is 42.6 Å². The summed E-state index contributed by atoms with van der Waals surface area (Å²) in [4.78, 5) is 4.67. The third kappa shape index (κ3) is 3.42. The van der Waals surface area contributed by atoms with Gasteiger partial charge in [-0.3, -0.25) is 0 Å². The fourth-order valence-corrected chi connectivity index (χ4v) is 2.97. The van der Waals surface area contributed by atoms with Gasteiger partial charge in [-0.25, -0.2) is 9.50 Å². The van der Waals surface area contributed by atoms with Crippen molar-refractivity contribution in [2.75, 3.05) is 11.9 Å². The fourth-order valence-electron chi connectivity index (χ4n) is 2.97. The summed E-state index contributed by atoms with van der Waals surface area (Å²) in [5.41, 5.74) is 4.37. The van der Waals surface area contributed by atoms with Crippen LogP contribution in [-0.2, 0) is 6.42 Å². The molecule has 1 fully saturated rings. The van der Waals surface area contributed by atoms with Gasteiger partial charge in [0.15, 0.2) is 5.65 Å². The summed E-state index contributed by atoms with van der Waals surface area (Å²) in [5.74, 6) is 2.46. The van der Waals surface area contributed by atoms with Crippen molar-refractivity contribution in [1.29, 1.82) is 0 Å². The molecule has 0 amide bonds. The fraction of sp³-hybridized carbons (Fsp3) is 0.400. The van der Waals surface area contributed by atoms with Crippen LogP contribution in [0.1, 0.15) is 32.3 Å². The lowest BCUT2D eigenvalue weighted by atomic mass is 10.0. The van der Waals surface area contributed by atoms with E-state index >= 15 is 0 Å². The van der Waals surface area contributed by atoms with E-state index in [1.54, 1.807) is 0 Å². The van der Waals surface area contributed by atoms with Crippen molar-refractivity contribution in [3.8, 4) is 11.3 Å². The van der Waals surface area contributed by atoms with Crippen molar-refractivity contribution in [3.63, 3.8) is 0 Å². The van der Waals surface area contributed by atoms with Crippen molar-refractivity contribution >= 4 is 11.5 Å². The number of benzene rings is 1. The summed E-state index contributed by atoms with van der Waals surface area (Å²) in [6, 6.07) is 12.8. The Bertz CT molecular complexity index is 828. The standard InChI is InChI=1S/C20H24N4/c1-14(2)11-15-5-7-17(8-6-15)18-12-20-22-19(9-10-24(20)23-18)21-13-16-3-4-16/h5-10,12,14,16H,3-4,11,13H2,1-2H3,(H,21,22). The monoisotopic (exact) mass is 320 g/mol. The average molecular weight is 320 g/mol. The van der Waals surface area contributed by atoms with Crippen LogP contribution < -0.4 is 5.32 Å². The molecule has 3 aromatic rings. The molecule has 1 N–H and O–H groups in total. The third-order valence-corrected chi connectivity index (χ3v) is 4.49. The Kier molecular flexibility index (Phi) is 3.97. The highest BCUT2D eigenvalue weighted by Crippen LogP contribution is 2.28. The minimum absolute atomic E-state index is 0.678. The molecule has 1 saturated carbocycles. The van der Waals surface area contributed by atoms with Crippen LogP contribution in [0, 0.1) is 11.8 Å². The molecule has 0 unspecified atom stereocenters. The van der Waals surface area contributed by atoms with Crippen LogP contribution in [-0.4, -0.2) is 21.1 Å². The smallest absolute Gasteiger partial charge is 0.157 e. The first kappa shape index (κ1) is 15.2. The molecule has 124 valence electrons. The second kappa shape index (κ2) is 6.27. The first-order valence-corrected chi connectivity index (χ1v) is 8.87. The number of aromatic nitrogens is 3. The largest absolute Gasteiger partial charge is 0.370 e. The predicted molar refractivity (Wildman–Crippen MR) is 98.2 cm³/mol. The highest BCUT2D eigenvalue weighted by molar-refractivity contribution is 5.65. The highest BCUT2D eigenvalue weighted by Gasteiger charge is 2.20. The Morgan fingerprint density at radius 2 is 1.96 bits per heavy atom. The number of hydrogen-bond donors (Lipinski definition) is 1. The van der Waals surface area contributed by atoms with Gasteiger partial charge in [-0.1, -0.05) is 38.1 Å². The van der Waals surface area contributed by atoms with Crippen LogP contribution in [0.2, 0.25) is 0 Å². The van der Waals surface area contributed by atoms with Gasteiger partial charge in [0.25, 0.3) is 0 Å². The minimum atomic E-state index is 0.678. The predicted octanol–water partition coefficient (Wildman–Crippen LogP) is 4.42. The number of fused-ring (bicyclic) bond motifs is 1. The van der Waals surface area contributed by atoms with E-state index in [-0.39, 0.29) is 0 Å². The van der Waals surface area contributed by atoms with Crippen LogP contribution in [0.5, 0.6) is 0 Å². The molecule has 0 bridgehead atoms. The highest BCUT2D eigenvalue weighted by atomic mass is 15.3. The average Bonchev–Trinajstić information content (AvgIpc) is 3.30. The molecule has 1 aromatic carbocycles. The van der Waals surface area contributed by atoms with Crippen molar-refractivity contribution in [2.24, 2.45) is 11.8 Å². The van der Waals surface area contributed by atoms with Gasteiger partial charge in [0.1, 0.15) is 5.82 Å². The van der Waals surface area contributed by atoms with Gasteiger partial charge in [-0.2, -0.15) is 5.10 Å². The topological polar surface area (TPSA) is 42.2 Å². The molecule has 2 aromatic heterocycles. The first-order valence-electron chi connectivity index (χ1n) is 8.87. The summed E-state index contributed by atoms with van der Waals surface area (Å²) in [6.07, 6.45) is 5.79. The van der Waals surface area contributed by atoms with Gasteiger partial charge in [-0.05, 0) is 42.7 Å². The van der Waals surface area contributed by atoms with E-state index in [1.807, 2.05) is 16.8 Å². The van der Waals surface area contributed by atoms with Crippen LogP contribution in [0.25, 0.3) is 16.9 Å². The van der Waals surface area contributed by atoms with E-state index in [4.69, 9.17) is 0 Å². The molecule has 4 rings (SSSR count). The van der Waals surface area contributed by atoms with Gasteiger partial charge < -0.3 is 5.32 Å². The van der Waals surface area contributed by atoms with Gasteiger partial charge in [0, 0.05) is 24.4 Å². The molecular formula is C20H24N4. The SMILES string of the molecule is CC(C)Cc1ccc(-c2cc3nc(NCC4CC4)ccn3n2)cc1. The number of hydrogen-bond acceptors (Lipinski definition) is 3. The first-order chi connectivity index (χ1) is 11.7. The summed E-state index contributed by atoms with van der Waals surface area (Å²) < 4.78 is 1.85. The van der Waals surface area contributed by atoms with Crippen LogP contribution >= 0.6 is 0 Å². The Balaban J connectivity index is 1.55. The third-order valence-electron chi connectivity index (χ3n) is 4.49. The lowest BCUT2D eigenvalue weighted by Gasteiger charge is -2.05. The Hall–Kier alpha value is -2.36. The second-order valence-corrected chi connectivity index (χ2v) is 7.26. The van der Waals surface area contributed by atoms with Crippen LogP contribution in [0.4, 0.5) is 5.82 Å². The molecular weight excluding hydrogens is 296 g/mol. The van der Waals surface area contributed by atoms with Gasteiger partial charge in [0.2, 0.25) is 0 Å². The molecule has 1 aliphatic carbocycles. The molecule has 0 atom stereocenters. The second-order valence-electron chi connectivity index (χ2n) is 7.26. The summed E-state index contributed by atoms with van der Waals surface area (Å²) in [7, 11) is 0. The lowest BCUT2D eigenvalue weighted by molar-refractivity contribution is 0.647. The molecule has 0 saturated heterocycles. The maximum atomic E-state index is 4.67. The number of nitrogens with one attached hydrogen (secondary N) is 1. The van der Waals surface area contributed by atoms with E-state index in [0.29, 0.717) is 5.92 Å². The number of anilines is 1.